The minimum atomic E-state index is 0.503. The van der Waals surface area contributed by atoms with Crippen molar-refractivity contribution >= 4 is 28.9 Å². The smallest absolute Gasteiger partial charge is 0.191 e. The third kappa shape index (κ3) is 4.15. The van der Waals surface area contributed by atoms with Gasteiger partial charge in [-0.2, -0.15) is 0 Å². The summed E-state index contributed by atoms with van der Waals surface area (Å²) in [4.78, 5) is 8.30. The van der Waals surface area contributed by atoms with Crippen LogP contribution in [0.25, 0.3) is 0 Å². The highest BCUT2D eigenvalue weighted by Gasteiger charge is 2.38. The summed E-state index contributed by atoms with van der Waals surface area (Å²) in [5, 5.41) is 7.01. The summed E-state index contributed by atoms with van der Waals surface area (Å²) in [5.41, 5.74) is 0. The van der Waals surface area contributed by atoms with Gasteiger partial charge in [0.2, 0.25) is 0 Å². The number of likely N-dealkylation sites (tertiary alicyclic amines) is 1. The van der Waals surface area contributed by atoms with E-state index in [1.54, 1.807) is 11.3 Å². The van der Waals surface area contributed by atoms with Gasteiger partial charge in [-0.15, -0.1) is 11.3 Å². The summed E-state index contributed by atoms with van der Waals surface area (Å²) < 4.78 is 0.859. The predicted octanol–water partition coefficient (Wildman–Crippen LogP) is 2.59. The molecule has 2 unspecified atom stereocenters. The standard InChI is InChI=1S/C16H25ClN4S/c1-11-9-21(12-3-4-12)10-14(11)20-16(18-2)19-8-7-13-5-6-15(17)22-13/h5-6,11-12,14H,3-4,7-10H2,1-2H3,(H2,18,19,20). The van der Waals surface area contributed by atoms with Crippen LogP contribution in [0, 0.1) is 5.92 Å². The van der Waals surface area contributed by atoms with Crippen molar-refractivity contribution in [3.8, 4) is 0 Å². The van der Waals surface area contributed by atoms with Gasteiger partial charge in [-0.3, -0.25) is 9.89 Å². The van der Waals surface area contributed by atoms with Gasteiger partial charge in [0.25, 0.3) is 0 Å². The van der Waals surface area contributed by atoms with Crippen LogP contribution in [0.2, 0.25) is 4.34 Å². The Morgan fingerprint density at radius 2 is 2.23 bits per heavy atom. The highest BCUT2D eigenvalue weighted by atomic mass is 35.5. The monoisotopic (exact) mass is 340 g/mol. The van der Waals surface area contributed by atoms with E-state index < -0.39 is 0 Å². The molecule has 1 saturated heterocycles. The maximum absolute atomic E-state index is 5.96. The Morgan fingerprint density at radius 1 is 1.41 bits per heavy atom. The molecule has 6 heteroatoms. The van der Waals surface area contributed by atoms with E-state index in [-0.39, 0.29) is 0 Å². The van der Waals surface area contributed by atoms with E-state index >= 15 is 0 Å². The van der Waals surface area contributed by atoms with E-state index in [9.17, 15) is 0 Å². The van der Waals surface area contributed by atoms with Crippen molar-refractivity contribution < 1.29 is 0 Å². The molecule has 0 radical (unpaired) electrons. The molecular formula is C16H25ClN4S. The minimum Gasteiger partial charge on any atom is -0.356 e. The molecule has 0 amide bonds. The second kappa shape index (κ2) is 7.20. The zero-order valence-corrected chi connectivity index (χ0v) is 14.9. The largest absolute Gasteiger partial charge is 0.356 e. The number of thiophene rings is 1. The quantitative estimate of drug-likeness (QED) is 0.639. The topological polar surface area (TPSA) is 39.7 Å². The Hall–Kier alpha value is -0.780. The number of nitrogens with one attached hydrogen (secondary N) is 2. The second-order valence-electron chi connectivity index (χ2n) is 6.37. The number of nitrogens with zero attached hydrogens (tertiary/aromatic N) is 2. The molecule has 1 aliphatic carbocycles. The van der Waals surface area contributed by atoms with Crippen LogP contribution >= 0.6 is 22.9 Å². The first-order valence-electron chi connectivity index (χ1n) is 8.11. The van der Waals surface area contributed by atoms with E-state index in [0.29, 0.717) is 12.0 Å². The summed E-state index contributed by atoms with van der Waals surface area (Å²) in [5.74, 6) is 1.59. The number of rotatable bonds is 5. The number of halogens is 1. The van der Waals surface area contributed by atoms with Gasteiger partial charge in [0.15, 0.2) is 5.96 Å². The molecule has 0 spiro atoms. The second-order valence-corrected chi connectivity index (χ2v) is 8.17. The Bertz CT molecular complexity index is 526. The van der Waals surface area contributed by atoms with Gasteiger partial charge >= 0.3 is 0 Å². The third-order valence-corrected chi connectivity index (χ3v) is 5.83. The lowest BCUT2D eigenvalue weighted by molar-refractivity contribution is 0.315. The van der Waals surface area contributed by atoms with Gasteiger partial charge in [-0.1, -0.05) is 18.5 Å². The average molecular weight is 341 g/mol. The molecule has 1 aromatic heterocycles. The number of aliphatic imine (C=N–C) groups is 1. The van der Waals surface area contributed by atoms with Gasteiger partial charge in [0.05, 0.1) is 4.34 Å². The molecule has 2 N–H and O–H groups in total. The molecule has 22 heavy (non-hydrogen) atoms. The molecule has 4 nitrogen and oxygen atoms in total. The first-order chi connectivity index (χ1) is 10.7. The van der Waals surface area contributed by atoms with E-state index in [2.05, 4.69) is 33.5 Å². The van der Waals surface area contributed by atoms with Gasteiger partial charge in [0.1, 0.15) is 0 Å². The lowest BCUT2D eigenvalue weighted by Gasteiger charge is -2.20. The van der Waals surface area contributed by atoms with Crippen molar-refractivity contribution in [1.82, 2.24) is 15.5 Å². The Kier molecular flexibility index (Phi) is 5.26. The van der Waals surface area contributed by atoms with Crippen LogP contribution < -0.4 is 10.6 Å². The van der Waals surface area contributed by atoms with Crippen LogP contribution in [0.3, 0.4) is 0 Å². The Balaban J connectivity index is 1.43. The summed E-state index contributed by atoms with van der Waals surface area (Å²) >= 11 is 7.61. The zero-order chi connectivity index (χ0) is 15.5. The fourth-order valence-electron chi connectivity index (χ4n) is 3.09. The van der Waals surface area contributed by atoms with Crippen LogP contribution in [-0.2, 0) is 6.42 Å². The number of hydrogen-bond acceptors (Lipinski definition) is 3. The van der Waals surface area contributed by atoms with Crippen molar-refractivity contribution in [1.29, 1.82) is 0 Å². The summed E-state index contributed by atoms with van der Waals surface area (Å²) in [6.45, 7) is 5.57. The molecular weight excluding hydrogens is 316 g/mol. The summed E-state index contributed by atoms with van der Waals surface area (Å²) in [6.07, 6.45) is 3.75. The Labute approximate surface area is 141 Å². The van der Waals surface area contributed by atoms with Gasteiger partial charge < -0.3 is 10.6 Å². The fraction of sp³-hybridized carbons (Fsp3) is 0.688. The highest BCUT2D eigenvalue weighted by Crippen LogP contribution is 2.31. The van der Waals surface area contributed by atoms with Crippen LogP contribution in [0.15, 0.2) is 17.1 Å². The lowest BCUT2D eigenvalue weighted by Crippen LogP contribution is -2.47. The molecule has 3 rings (SSSR count). The maximum atomic E-state index is 5.96. The SMILES string of the molecule is CN=C(NCCc1ccc(Cl)s1)NC1CN(C2CC2)CC1C. The predicted molar refractivity (Wildman–Crippen MR) is 95.1 cm³/mol. The number of hydrogen-bond donors (Lipinski definition) is 2. The third-order valence-electron chi connectivity index (χ3n) is 4.54. The molecule has 2 heterocycles. The van der Waals surface area contributed by atoms with Gasteiger partial charge in [-0.25, -0.2) is 0 Å². The normalized spacial score (nSPS) is 26.4. The number of guanidine groups is 1. The fourth-order valence-corrected chi connectivity index (χ4v) is 4.18. The van der Waals surface area contributed by atoms with Crippen LogP contribution in [0.5, 0.6) is 0 Å². The van der Waals surface area contributed by atoms with E-state index in [0.717, 1.165) is 35.8 Å². The first kappa shape index (κ1) is 16.1. The molecule has 1 aromatic rings. The minimum absolute atomic E-state index is 0.503. The first-order valence-corrected chi connectivity index (χ1v) is 9.30. The molecule has 2 atom stereocenters. The lowest BCUT2D eigenvalue weighted by atomic mass is 10.1. The molecule has 2 aliphatic rings. The molecule has 2 fully saturated rings. The van der Waals surface area contributed by atoms with E-state index in [1.165, 1.54) is 24.3 Å². The van der Waals surface area contributed by atoms with Crippen molar-refractivity contribution in [2.75, 3.05) is 26.7 Å². The molecule has 0 aromatic carbocycles. The molecule has 1 aliphatic heterocycles. The maximum Gasteiger partial charge on any atom is 0.191 e. The van der Waals surface area contributed by atoms with Gasteiger partial charge in [0, 0.05) is 43.6 Å². The highest BCUT2D eigenvalue weighted by molar-refractivity contribution is 7.16. The average Bonchev–Trinajstić information content (AvgIpc) is 3.18. The van der Waals surface area contributed by atoms with Crippen molar-refractivity contribution in [3.05, 3.63) is 21.3 Å². The van der Waals surface area contributed by atoms with Crippen molar-refractivity contribution in [2.45, 2.75) is 38.3 Å². The van der Waals surface area contributed by atoms with E-state index in [1.807, 2.05) is 13.1 Å². The summed E-state index contributed by atoms with van der Waals surface area (Å²) in [7, 11) is 1.84. The Morgan fingerprint density at radius 3 is 2.86 bits per heavy atom. The molecule has 1 saturated carbocycles. The van der Waals surface area contributed by atoms with E-state index in [4.69, 9.17) is 11.6 Å². The van der Waals surface area contributed by atoms with Crippen molar-refractivity contribution in [2.24, 2.45) is 10.9 Å². The summed E-state index contributed by atoms with van der Waals surface area (Å²) in [6, 6.07) is 5.41. The van der Waals surface area contributed by atoms with Gasteiger partial charge in [-0.05, 0) is 37.3 Å². The van der Waals surface area contributed by atoms with Crippen LogP contribution in [-0.4, -0.2) is 49.6 Å². The van der Waals surface area contributed by atoms with Crippen LogP contribution in [0.1, 0.15) is 24.6 Å². The van der Waals surface area contributed by atoms with Crippen molar-refractivity contribution in [3.63, 3.8) is 0 Å². The molecule has 0 bridgehead atoms. The molecule has 122 valence electrons. The zero-order valence-electron chi connectivity index (χ0n) is 13.3. The van der Waals surface area contributed by atoms with Crippen LogP contribution in [0.4, 0.5) is 0 Å².